The Morgan fingerprint density at radius 3 is 2.21 bits per heavy atom. The third kappa shape index (κ3) is 6.88. The van der Waals surface area contributed by atoms with Crippen molar-refractivity contribution in [2.24, 2.45) is 5.73 Å². The molecule has 9 nitrogen and oxygen atoms in total. The number of carbonyl (C=O) groups excluding carboxylic acids is 3. The number of rotatable bonds is 9. The van der Waals surface area contributed by atoms with Gasteiger partial charge in [-0.05, 0) is 43.3 Å². The third-order valence-electron chi connectivity index (χ3n) is 5.16. The maximum atomic E-state index is 12.7. The van der Waals surface area contributed by atoms with E-state index in [2.05, 4.69) is 5.32 Å². The van der Waals surface area contributed by atoms with E-state index in [1.165, 1.54) is 0 Å². The van der Waals surface area contributed by atoms with Gasteiger partial charge in [-0.25, -0.2) is 4.79 Å². The number of ether oxygens (including phenoxy) is 3. The Bertz CT molecular complexity index is 998. The zero-order chi connectivity index (χ0) is 23.8. The van der Waals surface area contributed by atoms with Gasteiger partial charge in [0.1, 0.15) is 17.7 Å². The molecule has 0 saturated carbocycles. The number of hydrogen-bond donors (Lipinski definition) is 3. The summed E-state index contributed by atoms with van der Waals surface area (Å²) in [5.74, 6) is -0.787. The fourth-order valence-corrected chi connectivity index (χ4v) is 3.27. The summed E-state index contributed by atoms with van der Waals surface area (Å²) in [6.07, 6.45) is 1.22. The minimum Gasteiger partial charge on any atom is -0.482 e. The first-order valence-electron chi connectivity index (χ1n) is 10.6. The molecule has 1 amide bonds. The number of amidine groups is 1. The lowest BCUT2D eigenvalue weighted by Crippen LogP contribution is -2.38. The number of amides is 1. The first-order valence-corrected chi connectivity index (χ1v) is 10.6. The van der Waals surface area contributed by atoms with Crippen molar-refractivity contribution in [3.63, 3.8) is 0 Å². The quantitative estimate of drug-likeness (QED) is 0.228. The SMILES string of the molecule is CC(NC(=O)c1ccc(C(=N)N)cc1)C(=O)c1ccc(OCC(=O)OC2CCOCC2)cc1. The Kier molecular flexibility index (Phi) is 8.15. The van der Waals surface area contributed by atoms with E-state index in [0.29, 0.717) is 48.5 Å². The van der Waals surface area contributed by atoms with Gasteiger partial charge in [-0.15, -0.1) is 0 Å². The highest BCUT2D eigenvalue weighted by Crippen LogP contribution is 2.15. The fourth-order valence-electron chi connectivity index (χ4n) is 3.27. The molecule has 1 fully saturated rings. The van der Waals surface area contributed by atoms with Crippen molar-refractivity contribution in [3.05, 3.63) is 65.2 Å². The average Bonchev–Trinajstić information content (AvgIpc) is 2.83. The zero-order valence-corrected chi connectivity index (χ0v) is 18.3. The number of ketones is 1. The summed E-state index contributed by atoms with van der Waals surface area (Å²) in [5.41, 5.74) is 6.67. The van der Waals surface area contributed by atoms with E-state index in [9.17, 15) is 14.4 Å². The second kappa shape index (κ2) is 11.2. The summed E-state index contributed by atoms with van der Waals surface area (Å²) < 4.78 is 16.0. The molecule has 1 heterocycles. The Hall–Kier alpha value is -3.72. The van der Waals surface area contributed by atoms with Gasteiger partial charge >= 0.3 is 5.97 Å². The number of Topliss-reactive ketones (excluding diaryl/α,β-unsaturated/α-hetero) is 1. The number of benzene rings is 2. The lowest BCUT2D eigenvalue weighted by Gasteiger charge is -2.22. The van der Waals surface area contributed by atoms with E-state index < -0.39 is 17.9 Å². The molecule has 0 bridgehead atoms. The minimum absolute atomic E-state index is 0.0888. The molecule has 3 rings (SSSR count). The van der Waals surface area contributed by atoms with Crippen LogP contribution in [0.1, 0.15) is 46.0 Å². The molecule has 1 atom stereocenters. The number of nitrogen functional groups attached to an aromatic ring is 1. The first kappa shape index (κ1) is 23.9. The van der Waals surface area contributed by atoms with Crippen LogP contribution in [0.15, 0.2) is 48.5 Å². The van der Waals surface area contributed by atoms with Gasteiger partial charge in [0.05, 0.1) is 19.3 Å². The van der Waals surface area contributed by atoms with Gasteiger partial charge in [0.2, 0.25) is 0 Å². The summed E-state index contributed by atoms with van der Waals surface area (Å²) in [4.78, 5) is 37.0. The van der Waals surface area contributed by atoms with Gasteiger partial charge in [0.15, 0.2) is 12.4 Å². The zero-order valence-electron chi connectivity index (χ0n) is 18.3. The molecule has 4 N–H and O–H groups in total. The normalized spacial score (nSPS) is 14.7. The van der Waals surface area contributed by atoms with Gasteiger partial charge in [-0.1, -0.05) is 12.1 Å². The Labute approximate surface area is 191 Å². The predicted molar refractivity (Wildman–Crippen MR) is 121 cm³/mol. The topological polar surface area (TPSA) is 141 Å². The summed E-state index contributed by atoms with van der Waals surface area (Å²) in [7, 11) is 0. The van der Waals surface area contributed by atoms with E-state index in [4.69, 9.17) is 25.4 Å². The molecule has 1 saturated heterocycles. The Morgan fingerprint density at radius 2 is 1.61 bits per heavy atom. The van der Waals surface area contributed by atoms with Crippen LogP contribution in [0.4, 0.5) is 0 Å². The highest BCUT2D eigenvalue weighted by atomic mass is 16.6. The lowest BCUT2D eigenvalue weighted by molar-refractivity contribution is -0.155. The highest BCUT2D eigenvalue weighted by Gasteiger charge is 2.20. The van der Waals surface area contributed by atoms with Gasteiger partial charge < -0.3 is 25.3 Å². The van der Waals surface area contributed by atoms with Crippen molar-refractivity contribution in [1.29, 1.82) is 5.41 Å². The largest absolute Gasteiger partial charge is 0.482 e. The van der Waals surface area contributed by atoms with Crippen LogP contribution < -0.4 is 15.8 Å². The Morgan fingerprint density at radius 1 is 1.03 bits per heavy atom. The molecule has 33 heavy (non-hydrogen) atoms. The maximum absolute atomic E-state index is 12.7. The summed E-state index contributed by atoms with van der Waals surface area (Å²) in [5, 5.41) is 10.1. The van der Waals surface area contributed by atoms with E-state index in [1.54, 1.807) is 55.5 Å². The summed E-state index contributed by atoms with van der Waals surface area (Å²) in [6, 6.07) is 11.8. The van der Waals surface area contributed by atoms with E-state index >= 15 is 0 Å². The first-order chi connectivity index (χ1) is 15.8. The van der Waals surface area contributed by atoms with Crippen molar-refractivity contribution in [2.75, 3.05) is 19.8 Å². The van der Waals surface area contributed by atoms with Crippen molar-refractivity contribution in [3.8, 4) is 5.75 Å². The van der Waals surface area contributed by atoms with Crippen LogP contribution in [0, 0.1) is 5.41 Å². The van der Waals surface area contributed by atoms with Crippen LogP contribution in [0.2, 0.25) is 0 Å². The predicted octanol–water partition coefficient (Wildman–Crippen LogP) is 2.07. The molecule has 2 aromatic carbocycles. The Balaban J connectivity index is 1.48. The minimum atomic E-state index is -0.758. The average molecular weight is 453 g/mol. The number of esters is 1. The second-order valence-corrected chi connectivity index (χ2v) is 7.67. The van der Waals surface area contributed by atoms with Crippen LogP contribution >= 0.6 is 0 Å². The molecular formula is C24H27N3O6. The molecular weight excluding hydrogens is 426 g/mol. The molecule has 1 aliphatic rings. The molecule has 0 aliphatic carbocycles. The lowest BCUT2D eigenvalue weighted by atomic mass is 10.0. The third-order valence-corrected chi connectivity index (χ3v) is 5.16. The van der Waals surface area contributed by atoms with Crippen molar-refractivity contribution < 1.29 is 28.6 Å². The van der Waals surface area contributed by atoms with Gasteiger partial charge in [0, 0.05) is 29.5 Å². The molecule has 1 unspecified atom stereocenters. The van der Waals surface area contributed by atoms with Gasteiger partial charge in [-0.2, -0.15) is 0 Å². The molecule has 0 radical (unpaired) electrons. The number of nitrogens with one attached hydrogen (secondary N) is 2. The van der Waals surface area contributed by atoms with Crippen molar-refractivity contribution in [2.45, 2.75) is 31.9 Å². The van der Waals surface area contributed by atoms with Crippen LogP contribution in [0.5, 0.6) is 5.75 Å². The van der Waals surface area contributed by atoms with Crippen LogP contribution in [-0.4, -0.2) is 55.5 Å². The van der Waals surface area contributed by atoms with Crippen molar-refractivity contribution >= 4 is 23.5 Å². The molecule has 9 heteroatoms. The number of carbonyl (C=O) groups is 3. The highest BCUT2D eigenvalue weighted by molar-refractivity contribution is 6.04. The number of nitrogens with two attached hydrogens (primary N) is 1. The van der Waals surface area contributed by atoms with E-state index in [-0.39, 0.29) is 24.3 Å². The fraction of sp³-hybridized carbons (Fsp3) is 0.333. The van der Waals surface area contributed by atoms with Crippen LogP contribution in [0.3, 0.4) is 0 Å². The molecule has 0 spiro atoms. The number of hydrogen-bond acceptors (Lipinski definition) is 7. The summed E-state index contributed by atoms with van der Waals surface area (Å²) in [6.45, 7) is 2.54. The van der Waals surface area contributed by atoms with E-state index in [1.807, 2.05) is 0 Å². The monoisotopic (exact) mass is 453 g/mol. The smallest absolute Gasteiger partial charge is 0.344 e. The standard InChI is InChI=1S/C24H27N3O6/c1-15(27-24(30)18-4-2-17(3-5-18)23(25)26)22(29)16-6-8-19(9-7-16)32-14-21(28)33-20-10-12-31-13-11-20/h2-9,15,20H,10-14H2,1H3,(H3,25,26)(H,27,30). The molecule has 174 valence electrons. The van der Waals surface area contributed by atoms with Crippen molar-refractivity contribution in [1.82, 2.24) is 5.32 Å². The molecule has 0 aromatic heterocycles. The molecule has 2 aromatic rings. The summed E-state index contributed by atoms with van der Waals surface area (Å²) >= 11 is 0. The van der Waals surface area contributed by atoms with E-state index in [0.717, 1.165) is 0 Å². The van der Waals surface area contributed by atoms with Gasteiger partial charge in [-0.3, -0.25) is 15.0 Å². The maximum Gasteiger partial charge on any atom is 0.344 e. The van der Waals surface area contributed by atoms with Gasteiger partial charge in [0.25, 0.3) is 5.91 Å². The van der Waals surface area contributed by atoms with Crippen LogP contribution in [0.25, 0.3) is 0 Å². The second-order valence-electron chi connectivity index (χ2n) is 7.67. The molecule has 1 aliphatic heterocycles. The van der Waals surface area contributed by atoms with Crippen LogP contribution in [-0.2, 0) is 14.3 Å².